The van der Waals surface area contributed by atoms with E-state index in [1.165, 1.54) is 4.90 Å². The van der Waals surface area contributed by atoms with E-state index >= 15 is 0 Å². The Balaban J connectivity index is 2.03. The molecule has 1 heterocycles. The fraction of sp³-hybridized carbons (Fsp3) is 0.333. The van der Waals surface area contributed by atoms with Crippen molar-refractivity contribution in [2.75, 3.05) is 11.9 Å². The van der Waals surface area contributed by atoms with Crippen molar-refractivity contribution < 1.29 is 14.7 Å². The first kappa shape index (κ1) is 12.9. The van der Waals surface area contributed by atoms with E-state index < -0.39 is 12.1 Å². The van der Waals surface area contributed by atoms with Crippen LogP contribution in [-0.2, 0) is 9.59 Å². The number of anilines is 1. The Morgan fingerprint density at radius 3 is 2.72 bits per heavy atom. The molecule has 0 spiro atoms. The van der Waals surface area contributed by atoms with Crippen LogP contribution in [0.3, 0.4) is 0 Å². The number of carbonyl (C=O) groups excluding carboxylic acids is 2. The van der Waals surface area contributed by atoms with Gasteiger partial charge in [0.25, 0.3) is 0 Å². The molecule has 0 aromatic heterocycles. The number of thiol groups is 1. The van der Waals surface area contributed by atoms with Gasteiger partial charge in [-0.1, -0.05) is 0 Å². The minimum absolute atomic E-state index is 0.206. The first-order chi connectivity index (χ1) is 8.60. The highest BCUT2D eigenvalue weighted by Crippen LogP contribution is 2.19. The molecule has 5 nitrogen and oxygen atoms in total. The summed E-state index contributed by atoms with van der Waals surface area (Å²) in [4.78, 5) is 24.9. The van der Waals surface area contributed by atoms with Crippen LogP contribution in [-0.4, -0.2) is 41.0 Å². The molecule has 2 N–H and O–H groups in total. The fourth-order valence-corrected chi connectivity index (χ4v) is 2.13. The van der Waals surface area contributed by atoms with E-state index in [1.807, 2.05) is 0 Å². The van der Waals surface area contributed by atoms with Gasteiger partial charge in [-0.05, 0) is 24.3 Å². The van der Waals surface area contributed by atoms with Crippen LogP contribution in [0.15, 0.2) is 29.2 Å². The summed E-state index contributed by atoms with van der Waals surface area (Å²) in [7, 11) is 0. The molecule has 6 heteroatoms. The van der Waals surface area contributed by atoms with Crippen molar-refractivity contribution in [3.63, 3.8) is 0 Å². The lowest BCUT2D eigenvalue weighted by molar-refractivity contribution is -0.127. The summed E-state index contributed by atoms with van der Waals surface area (Å²) < 4.78 is 0. The number of likely N-dealkylation sites (tertiary alicyclic amines) is 1. The molecule has 1 aliphatic heterocycles. The molecule has 0 saturated carbocycles. The highest BCUT2D eigenvalue weighted by molar-refractivity contribution is 7.80. The van der Waals surface area contributed by atoms with Crippen molar-refractivity contribution in [2.24, 2.45) is 0 Å². The molecule has 1 saturated heterocycles. The Bertz CT molecular complexity index is 449. The average molecular weight is 266 g/mol. The molecule has 2 amide bonds. The van der Waals surface area contributed by atoms with Crippen LogP contribution in [0.2, 0.25) is 0 Å². The van der Waals surface area contributed by atoms with Gasteiger partial charge in [-0.15, -0.1) is 12.6 Å². The zero-order valence-corrected chi connectivity index (χ0v) is 10.5. The first-order valence-electron chi connectivity index (χ1n) is 5.59. The summed E-state index contributed by atoms with van der Waals surface area (Å²) in [5.74, 6) is -0.287. The number of aliphatic hydroxyl groups excluding tert-OH is 1. The largest absolute Gasteiger partial charge is 0.391 e. The molecule has 1 fully saturated rings. The summed E-state index contributed by atoms with van der Waals surface area (Å²) in [6.45, 7) is 0.206. The maximum absolute atomic E-state index is 12.0. The molecular weight excluding hydrogens is 252 g/mol. The number of amides is 2. The Morgan fingerprint density at radius 1 is 1.44 bits per heavy atom. The number of benzene rings is 1. The Morgan fingerprint density at radius 2 is 2.11 bits per heavy atom. The minimum Gasteiger partial charge on any atom is -0.391 e. The molecule has 2 atom stereocenters. The van der Waals surface area contributed by atoms with E-state index in [4.69, 9.17) is 0 Å². The number of β-amino-alcohol motifs (C(OH)–C–C–N with tert-alkyl or cyclic N) is 1. The second kappa shape index (κ2) is 5.41. The fourth-order valence-electron chi connectivity index (χ4n) is 1.98. The number of rotatable bonds is 3. The number of hydrogen-bond acceptors (Lipinski definition) is 4. The molecular formula is C12H14N2O3S. The Kier molecular flexibility index (Phi) is 3.88. The number of nitrogens with one attached hydrogen (secondary N) is 1. The van der Waals surface area contributed by atoms with Gasteiger partial charge in [0.1, 0.15) is 6.04 Å². The number of hydrogen-bond donors (Lipinski definition) is 3. The monoisotopic (exact) mass is 266 g/mol. The number of carbonyl (C=O) groups is 2. The number of aliphatic hydroxyl groups is 1. The predicted octanol–water partition coefficient (Wildman–Crippen LogP) is 0.505. The van der Waals surface area contributed by atoms with Crippen molar-refractivity contribution in [3.05, 3.63) is 24.3 Å². The highest BCUT2D eigenvalue weighted by atomic mass is 32.1. The molecule has 18 heavy (non-hydrogen) atoms. The summed E-state index contributed by atoms with van der Waals surface area (Å²) in [5, 5.41) is 12.2. The van der Waals surface area contributed by atoms with Gasteiger partial charge in [-0.2, -0.15) is 0 Å². The molecule has 0 bridgehead atoms. The van der Waals surface area contributed by atoms with Gasteiger partial charge < -0.3 is 15.3 Å². The predicted molar refractivity (Wildman–Crippen MR) is 69.5 cm³/mol. The van der Waals surface area contributed by atoms with Crippen LogP contribution in [0.5, 0.6) is 0 Å². The van der Waals surface area contributed by atoms with Gasteiger partial charge in [0, 0.05) is 23.5 Å². The Labute approximate surface area is 110 Å². The van der Waals surface area contributed by atoms with Gasteiger partial charge in [0.15, 0.2) is 0 Å². The SMILES string of the molecule is O=CN1CC(O)CC1C(=O)Nc1ccc(S)cc1. The van der Waals surface area contributed by atoms with Crippen LogP contribution in [0.4, 0.5) is 5.69 Å². The zero-order chi connectivity index (χ0) is 13.1. The average Bonchev–Trinajstić information content (AvgIpc) is 2.73. The third-order valence-corrected chi connectivity index (χ3v) is 3.19. The van der Waals surface area contributed by atoms with Gasteiger partial charge in [-0.3, -0.25) is 9.59 Å². The maximum Gasteiger partial charge on any atom is 0.247 e. The van der Waals surface area contributed by atoms with Gasteiger partial charge in [0.05, 0.1) is 6.10 Å². The maximum atomic E-state index is 12.0. The van der Waals surface area contributed by atoms with Crippen molar-refractivity contribution >= 4 is 30.6 Å². The van der Waals surface area contributed by atoms with Gasteiger partial charge in [-0.25, -0.2) is 0 Å². The highest BCUT2D eigenvalue weighted by Gasteiger charge is 2.35. The molecule has 0 radical (unpaired) electrons. The van der Waals surface area contributed by atoms with Crippen LogP contribution >= 0.6 is 12.6 Å². The lowest BCUT2D eigenvalue weighted by Gasteiger charge is -2.18. The third-order valence-electron chi connectivity index (χ3n) is 2.89. The van der Waals surface area contributed by atoms with Crippen molar-refractivity contribution in [1.29, 1.82) is 0 Å². The molecule has 1 aliphatic rings. The molecule has 2 unspecified atom stereocenters. The molecule has 1 aromatic carbocycles. The second-order valence-corrected chi connectivity index (χ2v) is 4.76. The van der Waals surface area contributed by atoms with E-state index in [0.29, 0.717) is 12.1 Å². The Hall–Kier alpha value is -1.53. The van der Waals surface area contributed by atoms with Crippen LogP contribution in [0.25, 0.3) is 0 Å². The van der Waals surface area contributed by atoms with E-state index in [9.17, 15) is 14.7 Å². The zero-order valence-electron chi connectivity index (χ0n) is 9.61. The van der Waals surface area contributed by atoms with Crippen molar-refractivity contribution in [3.8, 4) is 0 Å². The van der Waals surface area contributed by atoms with Crippen molar-refractivity contribution in [2.45, 2.75) is 23.5 Å². The van der Waals surface area contributed by atoms with Gasteiger partial charge >= 0.3 is 0 Å². The summed E-state index contributed by atoms with van der Waals surface area (Å²) in [6, 6.07) is 6.39. The standard InChI is InChI=1S/C12H14N2O3S/c15-7-14-6-9(16)5-11(14)12(17)13-8-1-3-10(18)4-2-8/h1-4,7,9,11,16,18H,5-6H2,(H,13,17). The van der Waals surface area contributed by atoms with Crippen molar-refractivity contribution in [1.82, 2.24) is 4.90 Å². The van der Waals surface area contributed by atoms with E-state index in [1.54, 1.807) is 24.3 Å². The minimum atomic E-state index is -0.634. The summed E-state index contributed by atoms with van der Waals surface area (Å²) in [6.07, 6.45) is 0.234. The molecule has 2 rings (SSSR count). The van der Waals surface area contributed by atoms with E-state index in [2.05, 4.69) is 17.9 Å². The van der Waals surface area contributed by atoms with Crippen LogP contribution in [0, 0.1) is 0 Å². The molecule has 96 valence electrons. The lowest BCUT2D eigenvalue weighted by atomic mass is 10.2. The van der Waals surface area contributed by atoms with Gasteiger partial charge in [0.2, 0.25) is 12.3 Å². The molecule has 1 aromatic rings. The quantitative estimate of drug-likeness (QED) is 0.551. The van der Waals surface area contributed by atoms with Crippen LogP contribution < -0.4 is 5.32 Å². The topological polar surface area (TPSA) is 69.6 Å². The second-order valence-electron chi connectivity index (χ2n) is 4.24. The summed E-state index contributed by atoms with van der Waals surface area (Å²) in [5.41, 5.74) is 0.644. The summed E-state index contributed by atoms with van der Waals surface area (Å²) >= 11 is 4.15. The molecule has 0 aliphatic carbocycles. The van der Waals surface area contributed by atoms with E-state index in [0.717, 1.165) is 4.90 Å². The third kappa shape index (κ3) is 2.83. The lowest BCUT2D eigenvalue weighted by Crippen LogP contribution is -2.38. The van der Waals surface area contributed by atoms with Crippen LogP contribution in [0.1, 0.15) is 6.42 Å². The normalized spacial score (nSPS) is 22.9. The first-order valence-corrected chi connectivity index (χ1v) is 6.04. The number of nitrogens with zero attached hydrogens (tertiary/aromatic N) is 1. The van der Waals surface area contributed by atoms with E-state index in [-0.39, 0.29) is 18.9 Å². The smallest absolute Gasteiger partial charge is 0.247 e.